The maximum absolute atomic E-state index is 13.4. The van der Waals surface area contributed by atoms with Gasteiger partial charge >= 0.3 is 18.0 Å². The van der Waals surface area contributed by atoms with Crippen molar-refractivity contribution in [2.45, 2.75) is 19.3 Å². The number of carbonyl (C=O) groups is 4. The van der Waals surface area contributed by atoms with Crippen molar-refractivity contribution in [3.05, 3.63) is 160 Å². The first-order chi connectivity index (χ1) is 22.8. The lowest BCUT2D eigenvalue weighted by Gasteiger charge is -2.20. The van der Waals surface area contributed by atoms with E-state index in [2.05, 4.69) is 17.4 Å². The average molecular weight is 628 g/mol. The number of carboxylic acids is 1. The van der Waals surface area contributed by atoms with Gasteiger partial charge < -0.3 is 19.3 Å². The molecular weight excluding hydrogens is 598 g/mol. The Morgan fingerprint density at radius 3 is 2.26 bits per heavy atom. The molecule has 0 radical (unpaired) electrons. The zero-order valence-corrected chi connectivity index (χ0v) is 25.1. The fourth-order valence-electron chi connectivity index (χ4n) is 5.40. The number of hydrogen-bond acceptors (Lipinski definition) is 7. The van der Waals surface area contributed by atoms with Crippen molar-refractivity contribution in [1.29, 1.82) is 0 Å². The van der Waals surface area contributed by atoms with Gasteiger partial charge in [-0.3, -0.25) is 10.1 Å². The number of fused-ring (bicyclic) bond motifs is 3. The summed E-state index contributed by atoms with van der Waals surface area (Å²) in [5, 5.41) is 11.6. The molecule has 5 aromatic carbocycles. The number of aliphatic carboxylic acids is 1. The topological polar surface area (TPSA) is 128 Å². The summed E-state index contributed by atoms with van der Waals surface area (Å²) in [6, 6.07) is 35.0. The molecule has 9 nitrogen and oxygen atoms in total. The van der Waals surface area contributed by atoms with Crippen LogP contribution in [0.4, 0.5) is 4.79 Å². The number of carbonyl (C=O) groups excluding carboxylic acids is 3. The minimum absolute atomic E-state index is 0.0263. The molecule has 5 aromatic rings. The molecule has 234 valence electrons. The number of amides is 1. The summed E-state index contributed by atoms with van der Waals surface area (Å²) in [5.41, 5.74) is 6.67. The summed E-state index contributed by atoms with van der Waals surface area (Å²) in [5.74, 6) is -2.05. The van der Waals surface area contributed by atoms with Gasteiger partial charge in [0.1, 0.15) is 12.4 Å². The Kier molecular flexibility index (Phi) is 9.06. The van der Waals surface area contributed by atoms with E-state index in [-0.39, 0.29) is 29.3 Å². The van der Waals surface area contributed by atoms with Gasteiger partial charge in [0.15, 0.2) is 12.4 Å². The van der Waals surface area contributed by atoms with E-state index in [0.29, 0.717) is 11.1 Å². The third kappa shape index (κ3) is 7.37. The number of rotatable bonds is 11. The first-order valence-corrected chi connectivity index (χ1v) is 14.8. The van der Waals surface area contributed by atoms with Crippen LogP contribution in [0, 0.1) is 0 Å². The molecule has 47 heavy (non-hydrogen) atoms. The van der Waals surface area contributed by atoms with Crippen LogP contribution in [-0.4, -0.2) is 35.5 Å². The lowest BCUT2D eigenvalue weighted by atomic mass is 10.0. The quantitative estimate of drug-likeness (QED) is 0.0919. The fourth-order valence-corrected chi connectivity index (χ4v) is 5.40. The highest BCUT2D eigenvalue weighted by atomic mass is 16.6. The van der Waals surface area contributed by atoms with E-state index in [4.69, 9.17) is 19.3 Å². The molecular formula is C38H29NO8. The summed E-state index contributed by atoms with van der Waals surface area (Å²) in [6.45, 7) is -0.612. The van der Waals surface area contributed by atoms with Crippen LogP contribution in [0.2, 0.25) is 0 Å². The monoisotopic (exact) mass is 627 g/mol. The van der Waals surface area contributed by atoms with Gasteiger partial charge in [-0.2, -0.15) is 0 Å². The van der Waals surface area contributed by atoms with Crippen molar-refractivity contribution < 1.29 is 38.5 Å². The molecule has 6 rings (SSSR count). The van der Waals surface area contributed by atoms with E-state index >= 15 is 0 Å². The van der Waals surface area contributed by atoms with Crippen LogP contribution in [0.1, 0.15) is 54.8 Å². The van der Waals surface area contributed by atoms with Crippen molar-refractivity contribution >= 4 is 23.8 Å². The second-order valence-electron chi connectivity index (χ2n) is 10.9. The van der Waals surface area contributed by atoms with Crippen LogP contribution in [0.25, 0.3) is 11.1 Å². The predicted octanol–water partition coefficient (Wildman–Crippen LogP) is 6.73. The second-order valence-corrected chi connectivity index (χ2v) is 10.9. The minimum atomic E-state index is -1.34. The number of benzene rings is 5. The summed E-state index contributed by atoms with van der Waals surface area (Å²) in [6.07, 6.45) is -1.40. The highest BCUT2D eigenvalue weighted by Crippen LogP contribution is 2.36. The third-order valence-corrected chi connectivity index (χ3v) is 7.62. The van der Waals surface area contributed by atoms with Crippen LogP contribution in [-0.2, 0) is 27.3 Å². The molecule has 1 amide bonds. The summed E-state index contributed by atoms with van der Waals surface area (Å²) >= 11 is 0. The molecule has 2 N–H and O–H groups in total. The van der Waals surface area contributed by atoms with Gasteiger partial charge in [0.05, 0.1) is 5.56 Å². The Labute approximate surface area is 270 Å². The van der Waals surface area contributed by atoms with Crippen molar-refractivity contribution in [3.63, 3.8) is 0 Å². The number of ketones is 1. The Hall–Kier alpha value is -6.22. The van der Waals surface area contributed by atoms with Gasteiger partial charge in [0.25, 0.3) is 0 Å². The van der Waals surface area contributed by atoms with Gasteiger partial charge in [0.2, 0.25) is 6.23 Å². The van der Waals surface area contributed by atoms with Crippen molar-refractivity contribution in [1.82, 2.24) is 5.32 Å². The highest BCUT2D eigenvalue weighted by Gasteiger charge is 2.23. The van der Waals surface area contributed by atoms with Crippen LogP contribution in [0.3, 0.4) is 0 Å². The number of nitrogens with one attached hydrogen (secondary N) is 1. The van der Waals surface area contributed by atoms with E-state index in [9.17, 15) is 19.2 Å². The van der Waals surface area contributed by atoms with Gasteiger partial charge in [-0.25, -0.2) is 14.4 Å². The number of ether oxygens (including phenoxy) is 3. The fraction of sp³-hybridized carbons (Fsp3) is 0.105. The zero-order valence-electron chi connectivity index (χ0n) is 25.1. The highest BCUT2D eigenvalue weighted by molar-refractivity contribution is 6.10. The predicted molar refractivity (Wildman–Crippen MR) is 172 cm³/mol. The molecule has 0 bridgehead atoms. The lowest BCUT2D eigenvalue weighted by Crippen LogP contribution is -2.32. The number of alkyl carbamates (subject to hydrolysis) is 1. The molecule has 0 saturated heterocycles. The molecule has 0 saturated carbocycles. The Bertz CT molecular complexity index is 1970. The molecule has 0 aliphatic heterocycles. The maximum Gasteiger partial charge on any atom is 0.410 e. The van der Waals surface area contributed by atoms with Crippen LogP contribution >= 0.6 is 0 Å². The summed E-state index contributed by atoms with van der Waals surface area (Å²) in [4.78, 5) is 50.4. The number of carboxylic acid groups (broad SMARTS) is 1. The molecule has 1 atom stereocenters. The molecule has 9 heteroatoms. The normalized spacial score (nSPS) is 11.8. The minimum Gasteiger partial charge on any atom is -0.482 e. The van der Waals surface area contributed by atoms with Gasteiger partial charge in [0, 0.05) is 16.7 Å². The molecule has 0 heterocycles. The van der Waals surface area contributed by atoms with E-state index < -0.39 is 30.9 Å². The van der Waals surface area contributed by atoms with E-state index in [1.165, 1.54) is 35.4 Å². The Balaban J connectivity index is 1.18. The van der Waals surface area contributed by atoms with Crippen molar-refractivity contribution in [3.8, 4) is 16.9 Å². The molecule has 1 aliphatic rings. The van der Waals surface area contributed by atoms with Crippen LogP contribution < -0.4 is 10.1 Å². The number of hydrogen-bond donors (Lipinski definition) is 2. The molecule has 0 spiro atoms. The van der Waals surface area contributed by atoms with Gasteiger partial charge in [-0.05, 0) is 58.5 Å². The third-order valence-electron chi connectivity index (χ3n) is 7.62. The van der Waals surface area contributed by atoms with Gasteiger partial charge in [-0.15, -0.1) is 0 Å². The second kappa shape index (κ2) is 13.8. The van der Waals surface area contributed by atoms with E-state index in [1.54, 1.807) is 54.6 Å². The van der Waals surface area contributed by atoms with E-state index in [0.717, 1.165) is 23.1 Å². The smallest absolute Gasteiger partial charge is 0.410 e. The lowest BCUT2D eigenvalue weighted by molar-refractivity contribution is -0.139. The summed E-state index contributed by atoms with van der Waals surface area (Å²) < 4.78 is 16.5. The molecule has 0 aromatic heterocycles. The Morgan fingerprint density at radius 1 is 0.702 bits per heavy atom. The largest absolute Gasteiger partial charge is 0.482 e. The summed E-state index contributed by atoms with van der Waals surface area (Å²) in [7, 11) is 0. The molecule has 1 aliphatic carbocycles. The first kappa shape index (κ1) is 30.8. The maximum atomic E-state index is 13.4. The van der Waals surface area contributed by atoms with E-state index in [1.807, 2.05) is 30.3 Å². The standard InChI is InChI=1S/C38H29NO8/c40-34(41)23-45-31-14-7-12-28(21-31)36(47-37(43)29-13-6-11-27(20-29)35(42)25-8-2-1-3-9-25)39-38(44)46-22-24-16-17-33-30(18-24)19-26-10-4-5-15-32(26)33/h1-18,20-21,36H,19,22-23H2,(H,39,44)(H,40,41). The molecule has 1 unspecified atom stereocenters. The average Bonchev–Trinajstić information content (AvgIpc) is 3.47. The van der Waals surface area contributed by atoms with Crippen LogP contribution in [0.5, 0.6) is 5.75 Å². The number of esters is 1. The first-order valence-electron chi connectivity index (χ1n) is 14.8. The SMILES string of the molecule is O=C(O)COc1cccc(C(NC(=O)OCc2ccc3c(c2)Cc2ccccc2-3)OC(=O)c2cccc(C(=O)c3ccccc3)c2)c1. The molecule has 0 fully saturated rings. The van der Waals surface area contributed by atoms with Crippen molar-refractivity contribution in [2.24, 2.45) is 0 Å². The zero-order chi connectivity index (χ0) is 32.8. The van der Waals surface area contributed by atoms with Gasteiger partial charge in [-0.1, -0.05) is 97.1 Å². The Morgan fingerprint density at radius 2 is 1.43 bits per heavy atom. The van der Waals surface area contributed by atoms with Crippen LogP contribution in [0.15, 0.2) is 121 Å². The van der Waals surface area contributed by atoms with Crippen molar-refractivity contribution in [2.75, 3.05) is 6.61 Å².